The Hall–Kier alpha value is -0.420. The van der Waals surface area contributed by atoms with E-state index in [1.165, 1.54) is 30.6 Å². The van der Waals surface area contributed by atoms with Gasteiger partial charge in [0, 0.05) is 5.33 Å². The number of aryl methyl sites for hydroxylation is 1. The Morgan fingerprint density at radius 1 is 1.53 bits per heavy atom. The second-order valence-electron chi connectivity index (χ2n) is 4.67. The van der Waals surface area contributed by atoms with Crippen molar-refractivity contribution in [3.63, 3.8) is 0 Å². The maximum Gasteiger partial charge on any atom is 0.263 e. The van der Waals surface area contributed by atoms with Crippen molar-refractivity contribution in [3.8, 4) is 0 Å². The van der Waals surface area contributed by atoms with Crippen molar-refractivity contribution in [1.29, 1.82) is 0 Å². The number of carbonyl (C=O) groups is 1. The Kier molecular flexibility index (Phi) is 4.20. The predicted octanol–water partition coefficient (Wildman–Crippen LogP) is 3.28. The minimum Gasteiger partial charge on any atom is -0.345 e. The van der Waals surface area contributed by atoms with E-state index in [9.17, 15) is 4.79 Å². The lowest BCUT2D eigenvalue weighted by atomic mass is 9.83. The van der Waals surface area contributed by atoms with Crippen LogP contribution in [0.3, 0.4) is 0 Å². The van der Waals surface area contributed by atoms with Crippen LogP contribution in [0.15, 0.2) is 6.20 Å². The lowest BCUT2D eigenvalue weighted by Gasteiger charge is -2.36. The minimum absolute atomic E-state index is 0.0250. The molecule has 0 bridgehead atoms. The molecule has 0 atom stereocenters. The van der Waals surface area contributed by atoms with Crippen LogP contribution >= 0.6 is 27.3 Å². The Bertz CT molecular complexity index is 399. The molecule has 1 heterocycles. The molecule has 2 rings (SSSR count). The van der Waals surface area contributed by atoms with Crippen LogP contribution in [-0.2, 0) is 0 Å². The van der Waals surface area contributed by atoms with Gasteiger partial charge in [-0.15, -0.1) is 11.3 Å². The van der Waals surface area contributed by atoms with Crippen LogP contribution in [0.1, 0.15) is 46.8 Å². The Morgan fingerprint density at radius 3 is 2.76 bits per heavy atom. The molecule has 17 heavy (non-hydrogen) atoms. The molecular weight excluding hydrogens is 300 g/mol. The Labute approximate surface area is 114 Å². The fourth-order valence-corrected chi connectivity index (χ4v) is 3.66. The molecule has 0 radical (unpaired) electrons. The van der Waals surface area contributed by atoms with Crippen LogP contribution in [0.5, 0.6) is 0 Å². The van der Waals surface area contributed by atoms with Gasteiger partial charge in [-0.1, -0.05) is 35.2 Å². The van der Waals surface area contributed by atoms with Crippen molar-refractivity contribution in [2.75, 3.05) is 5.33 Å². The van der Waals surface area contributed by atoms with Gasteiger partial charge in [0.05, 0.1) is 16.7 Å². The number of thiazole rings is 1. The van der Waals surface area contributed by atoms with Gasteiger partial charge >= 0.3 is 0 Å². The molecule has 5 heteroatoms. The van der Waals surface area contributed by atoms with Crippen molar-refractivity contribution in [2.45, 2.75) is 44.6 Å². The lowest BCUT2D eigenvalue weighted by molar-refractivity contribution is 0.0890. The number of nitrogens with one attached hydrogen (secondary N) is 1. The highest BCUT2D eigenvalue weighted by Crippen LogP contribution is 2.30. The van der Waals surface area contributed by atoms with E-state index in [4.69, 9.17) is 0 Å². The first-order valence-corrected chi connectivity index (χ1v) is 7.90. The smallest absolute Gasteiger partial charge is 0.263 e. The molecule has 0 aromatic carbocycles. The van der Waals surface area contributed by atoms with E-state index in [1.807, 2.05) is 6.92 Å². The van der Waals surface area contributed by atoms with Crippen molar-refractivity contribution < 1.29 is 4.79 Å². The summed E-state index contributed by atoms with van der Waals surface area (Å²) in [5.41, 5.74) is -0.0484. The number of carbonyl (C=O) groups excluding carboxylic acids is 1. The molecule has 1 amide bonds. The number of alkyl halides is 1. The quantitative estimate of drug-likeness (QED) is 0.869. The third-order valence-electron chi connectivity index (χ3n) is 3.29. The van der Waals surface area contributed by atoms with Gasteiger partial charge in [0.15, 0.2) is 0 Å². The van der Waals surface area contributed by atoms with Crippen LogP contribution in [-0.4, -0.2) is 21.8 Å². The van der Waals surface area contributed by atoms with Crippen LogP contribution < -0.4 is 5.32 Å². The highest BCUT2D eigenvalue weighted by molar-refractivity contribution is 9.09. The van der Waals surface area contributed by atoms with E-state index in [0.717, 1.165) is 23.2 Å². The number of hydrogen-bond donors (Lipinski definition) is 1. The zero-order valence-electron chi connectivity index (χ0n) is 9.96. The van der Waals surface area contributed by atoms with Gasteiger partial charge in [-0.25, -0.2) is 4.98 Å². The topological polar surface area (TPSA) is 42.0 Å². The van der Waals surface area contributed by atoms with Gasteiger partial charge in [-0.3, -0.25) is 4.79 Å². The number of amides is 1. The SMILES string of the molecule is Cc1ncc(C(=O)NC2(CBr)CCCCC2)s1. The van der Waals surface area contributed by atoms with Crippen LogP contribution in [0.4, 0.5) is 0 Å². The summed E-state index contributed by atoms with van der Waals surface area (Å²) in [7, 11) is 0. The summed E-state index contributed by atoms with van der Waals surface area (Å²) in [4.78, 5) is 17.0. The van der Waals surface area contributed by atoms with E-state index < -0.39 is 0 Å². The first-order chi connectivity index (χ1) is 8.15. The van der Waals surface area contributed by atoms with E-state index in [0.29, 0.717) is 4.88 Å². The van der Waals surface area contributed by atoms with Crippen molar-refractivity contribution >= 4 is 33.2 Å². The Morgan fingerprint density at radius 2 is 2.24 bits per heavy atom. The van der Waals surface area contributed by atoms with Crippen molar-refractivity contribution in [1.82, 2.24) is 10.3 Å². The largest absolute Gasteiger partial charge is 0.345 e. The molecule has 1 aromatic rings. The molecule has 1 aliphatic carbocycles. The van der Waals surface area contributed by atoms with Crippen molar-refractivity contribution in [3.05, 3.63) is 16.1 Å². The van der Waals surface area contributed by atoms with Crippen LogP contribution in [0, 0.1) is 6.92 Å². The molecule has 0 spiro atoms. The summed E-state index contributed by atoms with van der Waals surface area (Å²) in [6.07, 6.45) is 7.50. The number of rotatable bonds is 3. The van der Waals surface area contributed by atoms with E-state index in [2.05, 4.69) is 26.2 Å². The highest BCUT2D eigenvalue weighted by atomic mass is 79.9. The average Bonchev–Trinajstić information content (AvgIpc) is 2.77. The molecule has 94 valence electrons. The van der Waals surface area contributed by atoms with E-state index >= 15 is 0 Å². The number of halogens is 1. The summed E-state index contributed by atoms with van der Waals surface area (Å²) in [5, 5.41) is 4.97. The third-order valence-corrected chi connectivity index (χ3v) is 5.28. The van der Waals surface area contributed by atoms with Gasteiger partial charge in [0.25, 0.3) is 5.91 Å². The molecule has 0 unspecified atom stereocenters. The number of nitrogens with zero attached hydrogens (tertiary/aromatic N) is 1. The van der Waals surface area contributed by atoms with Gasteiger partial charge in [0.1, 0.15) is 4.88 Å². The van der Waals surface area contributed by atoms with Gasteiger partial charge in [0.2, 0.25) is 0 Å². The molecule has 1 fully saturated rings. The molecule has 0 saturated heterocycles. The Balaban J connectivity index is 2.05. The van der Waals surface area contributed by atoms with Crippen LogP contribution in [0.25, 0.3) is 0 Å². The maximum absolute atomic E-state index is 12.1. The standard InChI is InChI=1S/C12H17BrN2OS/c1-9-14-7-10(17-9)11(16)15-12(8-13)5-3-2-4-6-12/h7H,2-6,8H2,1H3,(H,15,16). The molecule has 1 N–H and O–H groups in total. The normalized spacial score (nSPS) is 18.9. The lowest BCUT2D eigenvalue weighted by Crippen LogP contribution is -2.51. The van der Waals surface area contributed by atoms with Crippen LogP contribution in [0.2, 0.25) is 0 Å². The molecule has 1 aromatic heterocycles. The zero-order chi connectivity index (χ0) is 12.3. The summed E-state index contributed by atoms with van der Waals surface area (Å²) in [6.45, 7) is 1.92. The van der Waals surface area contributed by atoms with Gasteiger partial charge < -0.3 is 5.32 Å². The fourth-order valence-electron chi connectivity index (χ4n) is 2.29. The second-order valence-corrected chi connectivity index (χ2v) is 6.47. The minimum atomic E-state index is -0.0484. The molecular formula is C12H17BrN2OS. The van der Waals surface area contributed by atoms with E-state index in [1.54, 1.807) is 6.20 Å². The predicted molar refractivity (Wildman–Crippen MR) is 73.9 cm³/mol. The first kappa shape index (κ1) is 13.0. The van der Waals surface area contributed by atoms with E-state index in [-0.39, 0.29) is 11.4 Å². The molecule has 0 aliphatic heterocycles. The molecule has 1 aliphatic rings. The van der Waals surface area contributed by atoms with Gasteiger partial charge in [-0.2, -0.15) is 0 Å². The third kappa shape index (κ3) is 3.07. The number of aromatic nitrogens is 1. The molecule has 1 saturated carbocycles. The molecule has 3 nitrogen and oxygen atoms in total. The van der Waals surface area contributed by atoms with Gasteiger partial charge in [-0.05, 0) is 19.8 Å². The number of hydrogen-bond acceptors (Lipinski definition) is 3. The fraction of sp³-hybridized carbons (Fsp3) is 0.667. The summed E-state index contributed by atoms with van der Waals surface area (Å²) in [5.74, 6) is 0.0250. The summed E-state index contributed by atoms with van der Waals surface area (Å²) < 4.78 is 0. The second kappa shape index (κ2) is 5.48. The zero-order valence-corrected chi connectivity index (χ0v) is 12.4. The maximum atomic E-state index is 12.1. The first-order valence-electron chi connectivity index (χ1n) is 5.96. The highest BCUT2D eigenvalue weighted by Gasteiger charge is 2.33. The summed E-state index contributed by atoms with van der Waals surface area (Å²) >= 11 is 5.00. The van der Waals surface area contributed by atoms with Crippen molar-refractivity contribution in [2.24, 2.45) is 0 Å². The monoisotopic (exact) mass is 316 g/mol. The average molecular weight is 317 g/mol. The summed E-state index contributed by atoms with van der Waals surface area (Å²) in [6, 6.07) is 0.